The summed E-state index contributed by atoms with van der Waals surface area (Å²) in [7, 11) is 0. The van der Waals surface area contributed by atoms with E-state index in [1.54, 1.807) is 11.8 Å². The lowest BCUT2D eigenvalue weighted by molar-refractivity contribution is -0.120. The molecule has 0 aliphatic carbocycles. The zero-order valence-corrected chi connectivity index (χ0v) is 11.5. The summed E-state index contributed by atoms with van der Waals surface area (Å²) in [5, 5.41) is 2.93. The third kappa shape index (κ3) is 3.27. The lowest BCUT2D eigenvalue weighted by Crippen LogP contribution is -2.33. The van der Waals surface area contributed by atoms with Gasteiger partial charge in [-0.3, -0.25) is 4.79 Å². The molecule has 2 rings (SSSR count). The number of thioether (sulfide) groups is 1. The predicted molar refractivity (Wildman–Crippen MR) is 76.6 cm³/mol. The number of hydrogen-bond acceptors (Lipinski definition) is 3. The average Bonchev–Trinajstić information content (AvgIpc) is 2.37. The van der Waals surface area contributed by atoms with Gasteiger partial charge in [-0.2, -0.15) is 0 Å². The van der Waals surface area contributed by atoms with Crippen molar-refractivity contribution in [3.8, 4) is 0 Å². The molecule has 1 aliphatic rings. The Labute approximate surface area is 113 Å². The van der Waals surface area contributed by atoms with E-state index in [9.17, 15) is 4.79 Å². The molecule has 18 heavy (non-hydrogen) atoms. The van der Waals surface area contributed by atoms with Crippen molar-refractivity contribution < 1.29 is 4.79 Å². The molecule has 3 N–H and O–H groups in total. The van der Waals surface area contributed by atoms with Crippen molar-refractivity contribution in [1.29, 1.82) is 0 Å². The molecular formula is C14H20N2OS. The van der Waals surface area contributed by atoms with E-state index in [1.165, 1.54) is 11.1 Å². The Morgan fingerprint density at radius 3 is 3.11 bits per heavy atom. The fourth-order valence-corrected chi connectivity index (χ4v) is 3.34. The van der Waals surface area contributed by atoms with Crippen molar-refractivity contribution >= 4 is 17.7 Å². The second-order valence-electron chi connectivity index (χ2n) is 4.76. The van der Waals surface area contributed by atoms with Gasteiger partial charge in [0.25, 0.3) is 0 Å². The molecule has 1 aromatic carbocycles. The topological polar surface area (TPSA) is 55.1 Å². The summed E-state index contributed by atoms with van der Waals surface area (Å²) in [6.45, 7) is 2.62. The van der Waals surface area contributed by atoms with Crippen molar-refractivity contribution in [2.45, 2.75) is 31.1 Å². The quantitative estimate of drug-likeness (QED) is 0.873. The third-order valence-corrected chi connectivity index (χ3v) is 4.37. The summed E-state index contributed by atoms with van der Waals surface area (Å²) in [4.78, 5) is 12.2. The van der Waals surface area contributed by atoms with Crippen LogP contribution in [-0.2, 0) is 11.2 Å². The molecule has 0 saturated carbocycles. The summed E-state index contributed by atoms with van der Waals surface area (Å²) in [5.41, 5.74) is 8.16. The minimum Gasteiger partial charge on any atom is -0.355 e. The van der Waals surface area contributed by atoms with Gasteiger partial charge in [0, 0.05) is 12.6 Å². The largest absolute Gasteiger partial charge is 0.355 e. The number of hydrogen-bond donors (Lipinski definition) is 2. The van der Waals surface area contributed by atoms with Crippen molar-refractivity contribution in [1.82, 2.24) is 5.32 Å². The van der Waals surface area contributed by atoms with Gasteiger partial charge in [0.15, 0.2) is 0 Å². The molecule has 0 fully saturated rings. The molecule has 98 valence electrons. The van der Waals surface area contributed by atoms with E-state index in [4.69, 9.17) is 5.73 Å². The highest BCUT2D eigenvalue weighted by molar-refractivity contribution is 8.00. The highest BCUT2D eigenvalue weighted by atomic mass is 32.2. The number of aryl methyl sites for hydroxylation is 1. The van der Waals surface area contributed by atoms with E-state index < -0.39 is 0 Å². The van der Waals surface area contributed by atoms with Gasteiger partial charge in [0.1, 0.15) is 5.25 Å². The number of benzene rings is 1. The molecule has 0 radical (unpaired) electrons. The molecule has 1 heterocycles. The first-order valence-electron chi connectivity index (χ1n) is 6.41. The number of carbonyl (C=O) groups is 1. The van der Waals surface area contributed by atoms with E-state index >= 15 is 0 Å². The summed E-state index contributed by atoms with van der Waals surface area (Å²) >= 11 is 1.73. The van der Waals surface area contributed by atoms with Crippen LogP contribution in [0.4, 0.5) is 0 Å². The van der Waals surface area contributed by atoms with Crippen LogP contribution in [0.25, 0.3) is 0 Å². The first kappa shape index (κ1) is 13.4. The number of carbonyl (C=O) groups excluding carboxylic acids is 1. The molecule has 0 aromatic heterocycles. The van der Waals surface area contributed by atoms with E-state index in [1.807, 2.05) is 19.1 Å². The Kier molecular flexibility index (Phi) is 4.66. The molecule has 3 nitrogen and oxygen atoms in total. The van der Waals surface area contributed by atoms with Gasteiger partial charge < -0.3 is 11.1 Å². The zero-order chi connectivity index (χ0) is 13.0. The molecule has 0 bridgehead atoms. The van der Waals surface area contributed by atoms with Crippen molar-refractivity contribution in [2.75, 3.05) is 12.3 Å². The monoisotopic (exact) mass is 264 g/mol. The maximum Gasteiger partial charge on any atom is 0.237 e. The van der Waals surface area contributed by atoms with Crippen LogP contribution in [0.15, 0.2) is 24.3 Å². The standard InChI is InChI=1S/C14H20N2OS/c1-10(15)6-8-16-14(17)13-12-5-3-2-4-11(12)7-9-18-13/h2-5,10,13H,6-9,15H2,1H3,(H,16,17). The Balaban J connectivity index is 1.99. The lowest BCUT2D eigenvalue weighted by Gasteiger charge is -2.24. The Morgan fingerprint density at radius 2 is 2.33 bits per heavy atom. The normalized spacial score (nSPS) is 20.0. The van der Waals surface area contributed by atoms with Crippen LogP contribution < -0.4 is 11.1 Å². The molecule has 0 saturated heterocycles. The minimum atomic E-state index is -0.0527. The molecule has 0 spiro atoms. The van der Waals surface area contributed by atoms with Gasteiger partial charge in [0.05, 0.1) is 0 Å². The molecule has 4 heteroatoms. The highest BCUT2D eigenvalue weighted by Gasteiger charge is 2.26. The van der Waals surface area contributed by atoms with Crippen molar-refractivity contribution in [3.05, 3.63) is 35.4 Å². The van der Waals surface area contributed by atoms with Gasteiger partial charge in [-0.1, -0.05) is 24.3 Å². The van der Waals surface area contributed by atoms with Gasteiger partial charge >= 0.3 is 0 Å². The summed E-state index contributed by atoms with van der Waals surface area (Å²) in [6.07, 6.45) is 1.88. The maximum atomic E-state index is 12.2. The smallest absolute Gasteiger partial charge is 0.237 e. The number of rotatable bonds is 4. The van der Waals surface area contributed by atoms with Crippen LogP contribution in [0, 0.1) is 0 Å². The Bertz CT molecular complexity index is 420. The second kappa shape index (κ2) is 6.25. The van der Waals surface area contributed by atoms with Crippen molar-refractivity contribution in [3.63, 3.8) is 0 Å². The van der Waals surface area contributed by atoms with Gasteiger partial charge in [-0.25, -0.2) is 0 Å². The van der Waals surface area contributed by atoms with E-state index in [0.717, 1.165) is 18.6 Å². The van der Waals surface area contributed by atoms with Crippen LogP contribution in [-0.4, -0.2) is 24.2 Å². The summed E-state index contributed by atoms with van der Waals surface area (Å²) in [5.74, 6) is 1.13. The van der Waals surface area contributed by atoms with E-state index in [-0.39, 0.29) is 17.2 Å². The van der Waals surface area contributed by atoms with Gasteiger partial charge in [-0.15, -0.1) is 11.8 Å². The zero-order valence-electron chi connectivity index (χ0n) is 10.7. The van der Waals surface area contributed by atoms with Crippen LogP contribution in [0.1, 0.15) is 29.7 Å². The van der Waals surface area contributed by atoms with Crippen molar-refractivity contribution in [2.24, 2.45) is 5.73 Å². The summed E-state index contributed by atoms with van der Waals surface area (Å²) < 4.78 is 0. The Morgan fingerprint density at radius 1 is 1.56 bits per heavy atom. The van der Waals surface area contributed by atoms with Crippen LogP contribution >= 0.6 is 11.8 Å². The Hall–Kier alpha value is -1.00. The second-order valence-corrected chi connectivity index (χ2v) is 5.97. The average molecular weight is 264 g/mol. The fourth-order valence-electron chi connectivity index (χ4n) is 2.13. The number of fused-ring (bicyclic) bond motifs is 1. The molecule has 1 aliphatic heterocycles. The van der Waals surface area contributed by atoms with E-state index in [0.29, 0.717) is 6.54 Å². The van der Waals surface area contributed by atoms with Gasteiger partial charge in [-0.05, 0) is 36.6 Å². The first-order valence-corrected chi connectivity index (χ1v) is 7.46. The molecule has 1 amide bonds. The third-order valence-electron chi connectivity index (χ3n) is 3.13. The first-order chi connectivity index (χ1) is 8.68. The SMILES string of the molecule is CC(N)CCNC(=O)C1SCCc2ccccc21. The van der Waals surface area contributed by atoms with Gasteiger partial charge in [0.2, 0.25) is 5.91 Å². The molecule has 2 atom stereocenters. The minimum absolute atomic E-state index is 0.0527. The highest BCUT2D eigenvalue weighted by Crippen LogP contribution is 2.36. The van der Waals surface area contributed by atoms with Crippen LogP contribution in [0.2, 0.25) is 0 Å². The summed E-state index contributed by atoms with van der Waals surface area (Å²) in [6, 6.07) is 8.37. The molecule has 2 unspecified atom stereocenters. The number of amides is 1. The van der Waals surface area contributed by atoms with Crippen LogP contribution in [0.3, 0.4) is 0 Å². The molecule has 1 aromatic rings. The van der Waals surface area contributed by atoms with Crippen LogP contribution in [0.5, 0.6) is 0 Å². The number of nitrogens with two attached hydrogens (primary N) is 1. The fraction of sp³-hybridized carbons (Fsp3) is 0.500. The van der Waals surface area contributed by atoms with E-state index in [2.05, 4.69) is 17.4 Å². The maximum absolute atomic E-state index is 12.2. The predicted octanol–water partition coefficient (Wildman–Crippen LogP) is 1.87. The number of nitrogens with one attached hydrogen (secondary N) is 1. The lowest BCUT2D eigenvalue weighted by atomic mass is 10.0. The molecular weight excluding hydrogens is 244 g/mol.